The average molecular weight is 273 g/mol. The smallest absolute Gasteiger partial charge is 0.0747 e. The number of hydrogen-bond acceptors (Lipinski definition) is 3. The molecule has 1 atom stereocenters. The molecule has 0 aliphatic rings. The molecule has 0 aliphatic heterocycles. The van der Waals surface area contributed by atoms with Gasteiger partial charge in [-0.15, -0.1) is 0 Å². The highest BCUT2D eigenvalue weighted by Crippen LogP contribution is 2.27. The van der Waals surface area contributed by atoms with Crippen molar-refractivity contribution in [3.05, 3.63) is 36.0 Å². The first-order valence-corrected chi connectivity index (χ1v) is 6.77. The number of rotatable bonds is 4. The molecule has 0 aliphatic carbocycles. The second kappa shape index (κ2) is 5.53. The number of benzene rings is 1. The molecule has 0 fully saturated rings. The molecule has 2 rings (SSSR count). The topological polar surface area (TPSA) is 42.1 Å². The second-order valence-electron chi connectivity index (χ2n) is 4.93. The van der Waals surface area contributed by atoms with Gasteiger partial charge in [0, 0.05) is 36.3 Å². The summed E-state index contributed by atoms with van der Waals surface area (Å²) in [6, 6.07) is 10.6. The van der Waals surface area contributed by atoms with Crippen LogP contribution in [0, 0.1) is 6.92 Å². The molecule has 0 radical (unpaired) electrons. The number of anilines is 1. The fraction of sp³-hybridized carbons (Fsp3) is 0.333. The number of aryl methyl sites for hydroxylation is 1. The molecule has 1 aromatic heterocycles. The Balaban J connectivity index is 2.46. The van der Waals surface area contributed by atoms with Crippen LogP contribution in [0.15, 0.2) is 30.3 Å². The van der Waals surface area contributed by atoms with E-state index in [1.165, 1.54) is 5.69 Å². The number of thiocarbonyl (C=S) groups is 1. The fourth-order valence-electron chi connectivity index (χ4n) is 2.24. The summed E-state index contributed by atoms with van der Waals surface area (Å²) < 4.78 is 0. The number of nitrogens with zero attached hydrogens (tertiary/aromatic N) is 2. The van der Waals surface area contributed by atoms with Crippen molar-refractivity contribution >= 4 is 33.8 Å². The van der Waals surface area contributed by atoms with E-state index in [2.05, 4.69) is 36.0 Å². The number of aromatic nitrogens is 1. The summed E-state index contributed by atoms with van der Waals surface area (Å²) in [5.41, 5.74) is 8.85. The minimum absolute atomic E-state index is 0.266. The maximum Gasteiger partial charge on any atom is 0.0747 e. The fourth-order valence-corrected chi connectivity index (χ4v) is 2.48. The third kappa shape index (κ3) is 3.01. The lowest BCUT2D eigenvalue weighted by Crippen LogP contribution is -2.32. The van der Waals surface area contributed by atoms with Crippen LogP contribution in [0.3, 0.4) is 0 Å². The molecule has 1 aromatic carbocycles. The molecule has 0 bridgehead atoms. The Morgan fingerprint density at radius 3 is 2.79 bits per heavy atom. The van der Waals surface area contributed by atoms with E-state index in [0.29, 0.717) is 11.4 Å². The molecular weight excluding hydrogens is 254 g/mol. The van der Waals surface area contributed by atoms with Crippen molar-refractivity contribution in [2.45, 2.75) is 26.3 Å². The molecule has 0 spiro atoms. The zero-order chi connectivity index (χ0) is 14.0. The number of fused-ring (bicyclic) bond motifs is 1. The van der Waals surface area contributed by atoms with Gasteiger partial charge >= 0.3 is 0 Å². The number of para-hydroxylation sites is 1. The van der Waals surface area contributed by atoms with E-state index < -0.39 is 0 Å². The molecule has 1 heterocycles. The Morgan fingerprint density at radius 1 is 1.42 bits per heavy atom. The lowest BCUT2D eigenvalue weighted by atomic mass is 10.1. The van der Waals surface area contributed by atoms with Crippen LogP contribution in [0.5, 0.6) is 0 Å². The first-order chi connectivity index (χ1) is 8.99. The predicted octanol–water partition coefficient (Wildman–Crippen LogP) is 3.04. The molecule has 3 nitrogen and oxygen atoms in total. The SMILES string of the molecule is Cc1cc(N(C)C(C)CC(N)=S)c2ccccc2n1. The molecule has 2 aromatic rings. The average Bonchev–Trinajstić information content (AvgIpc) is 2.36. The summed E-state index contributed by atoms with van der Waals surface area (Å²) in [5, 5.41) is 1.16. The van der Waals surface area contributed by atoms with Gasteiger partial charge in [-0.05, 0) is 26.0 Å². The van der Waals surface area contributed by atoms with E-state index in [1.54, 1.807) is 0 Å². The van der Waals surface area contributed by atoms with E-state index in [0.717, 1.165) is 16.6 Å². The molecule has 0 amide bonds. The summed E-state index contributed by atoms with van der Waals surface area (Å²) in [6.45, 7) is 4.14. The summed E-state index contributed by atoms with van der Waals surface area (Å²) in [7, 11) is 2.07. The zero-order valence-electron chi connectivity index (χ0n) is 11.6. The van der Waals surface area contributed by atoms with E-state index in [1.807, 2.05) is 25.1 Å². The van der Waals surface area contributed by atoms with Gasteiger partial charge in [0.2, 0.25) is 0 Å². The Kier molecular flexibility index (Phi) is 4.00. The van der Waals surface area contributed by atoms with Gasteiger partial charge in [0.25, 0.3) is 0 Å². The first-order valence-electron chi connectivity index (χ1n) is 6.36. The van der Waals surface area contributed by atoms with Gasteiger partial charge in [0.05, 0.1) is 10.5 Å². The Labute approximate surface area is 119 Å². The summed E-state index contributed by atoms with van der Waals surface area (Å²) in [5.74, 6) is 0. The van der Waals surface area contributed by atoms with Crippen LogP contribution in [0.25, 0.3) is 10.9 Å². The van der Waals surface area contributed by atoms with Crippen molar-refractivity contribution < 1.29 is 0 Å². The maximum atomic E-state index is 5.64. The van der Waals surface area contributed by atoms with Gasteiger partial charge in [-0.2, -0.15) is 0 Å². The summed E-state index contributed by atoms with van der Waals surface area (Å²) in [6.07, 6.45) is 0.710. The van der Waals surface area contributed by atoms with Gasteiger partial charge in [-0.25, -0.2) is 0 Å². The number of nitrogens with two attached hydrogens (primary N) is 1. The van der Waals surface area contributed by atoms with Crippen molar-refractivity contribution in [1.82, 2.24) is 4.98 Å². The van der Waals surface area contributed by atoms with Crippen molar-refractivity contribution in [1.29, 1.82) is 0 Å². The minimum Gasteiger partial charge on any atom is -0.393 e. The highest BCUT2D eigenvalue weighted by molar-refractivity contribution is 7.80. The quantitative estimate of drug-likeness (QED) is 0.869. The van der Waals surface area contributed by atoms with Crippen LogP contribution in [0.1, 0.15) is 19.0 Å². The second-order valence-corrected chi connectivity index (χ2v) is 5.45. The molecule has 100 valence electrons. The molecule has 19 heavy (non-hydrogen) atoms. The predicted molar refractivity (Wildman–Crippen MR) is 85.7 cm³/mol. The van der Waals surface area contributed by atoms with Gasteiger partial charge in [-0.3, -0.25) is 4.98 Å². The van der Waals surface area contributed by atoms with Crippen LogP contribution in [-0.2, 0) is 0 Å². The van der Waals surface area contributed by atoms with Crippen LogP contribution in [0.2, 0.25) is 0 Å². The summed E-state index contributed by atoms with van der Waals surface area (Å²) >= 11 is 5.00. The Hall–Kier alpha value is -1.68. The van der Waals surface area contributed by atoms with Crippen molar-refractivity contribution in [2.24, 2.45) is 5.73 Å². The zero-order valence-corrected chi connectivity index (χ0v) is 12.4. The van der Waals surface area contributed by atoms with Crippen LogP contribution in [0.4, 0.5) is 5.69 Å². The molecule has 2 N–H and O–H groups in total. The van der Waals surface area contributed by atoms with E-state index >= 15 is 0 Å². The Bertz CT molecular complexity index is 609. The third-order valence-corrected chi connectivity index (χ3v) is 3.53. The first kappa shape index (κ1) is 13.7. The van der Waals surface area contributed by atoms with Crippen molar-refractivity contribution in [2.75, 3.05) is 11.9 Å². The van der Waals surface area contributed by atoms with Gasteiger partial charge < -0.3 is 10.6 Å². The lowest BCUT2D eigenvalue weighted by Gasteiger charge is -2.28. The van der Waals surface area contributed by atoms with Gasteiger partial charge in [0.1, 0.15) is 0 Å². The largest absolute Gasteiger partial charge is 0.393 e. The molecule has 0 saturated heterocycles. The van der Waals surface area contributed by atoms with Crippen LogP contribution in [-0.4, -0.2) is 23.1 Å². The monoisotopic (exact) mass is 273 g/mol. The van der Waals surface area contributed by atoms with Crippen LogP contribution >= 0.6 is 12.2 Å². The molecular formula is C15H19N3S. The van der Waals surface area contributed by atoms with E-state index in [9.17, 15) is 0 Å². The van der Waals surface area contributed by atoms with Crippen molar-refractivity contribution in [3.8, 4) is 0 Å². The standard InChI is InChI=1S/C15H19N3S/c1-10-8-14(18(3)11(2)9-15(16)19)12-6-4-5-7-13(12)17-10/h4-8,11H,9H2,1-3H3,(H2,16,19). The molecule has 0 saturated carbocycles. The minimum atomic E-state index is 0.266. The number of pyridine rings is 1. The van der Waals surface area contributed by atoms with Gasteiger partial charge in [0.15, 0.2) is 0 Å². The number of hydrogen-bond donors (Lipinski definition) is 1. The van der Waals surface area contributed by atoms with Gasteiger partial charge in [-0.1, -0.05) is 30.4 Å². The Morgan fingerprint density at radius 2 is 2.11 bits per heavy atom. The van der Waals surface area contributed by atoms with E-state index in [4.69, 9.17) is 18.0 Å². The van der Waals surface area contributed by atoms with Crippen LogP contribution < -0.4 is 10.6 Å². The highest BCUT2D eigenvalue weighted by Gasteiger charge is 2.14. The third-order valence-electron chi connectivity index (χ3n) is 3.36. The molecule has 4 heteroatoms. The van der Waals surface area contributed by atoms with Crippen molar-refractivity contribution in [3.63, 3.8) is 0 Å². The maximum absolute atomic E-state index is 5.64. The highest BCUT2D eigenvalue weighted by atomic mass is 32.1. The summed E-state index contributed by atoms with van der Waals surface area (Å²) in [4.78, 5) is 7.33. The normalized spacial score (nSPS) is 12.4. The molecule has 1 unspecified atom stereocenters. The lowest BCUT2D eigenvalue weighted by molar-refractivity contribution is 0.716. The van der Waals surface area contributed by atoms with E-state index in [-0.39, 0.29) is 6.04 Å².